The number of nitrogens with zero attached hydrogens (tertiary/aromatic N) is 1. The number of thiophene rings is 1. The summed E-state index contributed by atoms with van der Waals surface area (Å²) >= 11 is 2.92. The lowest BCUT2D eigenvalue weighted by molar-refractivity contribution is 0.103. The fraction of sp³-hybridized carbons (Fsp3) is 0.273. The summed E-state index contributed by atoms with van der Waals surface area (Å²) in [6.07, 6.45) is 0.878. The van der Waals surface area contributed by atoms with E-state index in [1.165, 1.54) is 22.7 Å². The van der Waals surface area contributed by atoms with Crippen LogP contribution in [0.25, 0.3) is 0 Å². The SMILES string of the molecule is CCc1ccsc1C(=O)Nc1nc(C)cs1. The van der Waals surface area contributed by atoms with Crippen molar-refractivity contribution < 1.29 is 4.79 Å². The molecular weight excluding hydrogens is 240 g/mol. The van der Waals surface area contributed by atoms with Crippen LogP contribution in [-0.2, 0) is 6.42 Å². The van der Waals surface area contributed by atoms with Crippen LogP contribution in [0.1, 0.15) is 27.9 Å². The highest BCUT2D eigenvalue weighted by molar-refractivity contribution is 7.14. The van der Waals surface area contributed by atoms with Gasteiger partial charge in [0.25, 0.3) is 5.91 Å². The van der Waals surface area contributed by atoms with Gasteiger partial charge in [0.2, 0.25) is 0 Å². The number of aromatic nitrogens is 1. The number of thiazole rings is 1. The monoisotopic (exact) mass is 252 g/mol. The average Bonchev–Trinajstić information content (AvgIpc) is 2.86. The predicted octanol–water partition coefficient (Wildman–Crippen LogP) is 3.33. The van der Waals surface area contributed by atoms with Gasteiger partial charge in [0.15, 0.2) is 5.13 Å². The zero-order chi connectivity index (χ0) is 11.5. The smallest absolute Gasteiger partial charge is 0.267 e. The van der Waals surface area contributed by atoms with Gasteiger partial charge in [-0.25, -0.2) is 4.98 Å². The van der Waals surface area contributed by atoms with Crippen molar-refractivity contribution in [3.63, 3.8) is 0 Å². The van der Waals surface area contributed by atoms with Crippen LogP contribution in [0, 0.1) is 6.92 Å². The molecule has 1 N–H and O–H groups in total. The third-order valence-corrected chi connectivity index (χ3v) is 4.00. The molecule has 2 heterocycles. The lowest BCUT2D eigenvalue weighted by atomic mass is 10.2. The highest BCUT2D eigenvalue weighted by Crippen LogP contribution is 2.21. The van der Waals surface area contributed by atoms with Crippen molar-refractivity contribution in [3.05, 3.63) is 33.0 Å². The quantitative estimate of drug-likeness (QED) is 0.910. The van der Waals surface area contributed by atoms with Crippen LogP contribution >= 0.6 is 22.7 Å². The number of amides is 1. The first-order valence-corrected chi connectivity index (χ1v) is 6.76. The molecule has 84 valence electrons. The molecule has 2 rings (SSSR count). The van der Waals surface area contributed by atoms with E-state index in [0.29, 0.717) is 5.13 Å². The van der Waals surface area contributed by atoms with Crippen LogP contribution in [0.2, 0.25) is 0 Å². The van der Waals surface area contributed by atoms with Gasteiger partial charge >= 0.3 is 0 Å². The summed E-state index contributed by atoms with van der Waals surface area (Å²) in [6.45, 7) is 3.96. The van der Waals surface area contributed by atoms with E-state index in [1.54, 1.807) is 0 Å². The Balaban J connectivity index is 2.14. The molecule has 0 aromatic carbocycles. The topological polar surface area (TPSA) is 42.0 Å². The fourth-order valence-electron chi connectivity index (χ4n) is 1.38. The first-order valence-electron chi connectivity index (χ1n) is 5.00. The number of anilines is 1. The standard InChI is InChI=1S/C11H12N2OS2/c1-3-8-4-5-15-9(8)10(14)13-11-12-7(2)6-16-11/h4-6H,3H2,1-2H3,(H,12,13,14). The molecule has 0 spiro atoms. The molecule has 0 fully saturated rings. The van der Waals surface area contributed by atoms with Gasteiger partial charge < -0.3 is 0 Å². The molecule has 0 aliphatic heterocycles. The van der Waals surface area contributed by atoms with Crippen LogP contribution in [-0.4, -0.2) is 10.9 Å². The van der Waals surface area contributed by atoms with Gasteiger partial charge in [0, 0.05) is 5.38 Å². The first kappa shape index (κ1) is 11.3. The first-order chi connectivity index (χ1) is 7.70. The third-order valence-electron chi connectivity index (χ3n) is 2.17. The van der Waals surface area contributed by atoms with E-state index in [0.717, 1.165) is 22.6 Å². The largest absolute Gasteiger partial charge is 0.297 e. The molecule has 5 heteroatoms. The Morgan fingerprint density at radius 2 is 2.31 bits per heavy atom. The highest BCUT2D eigenvalue weighted by Gasteiger charge is 2.13. The van der Waals surface area contributed by atoms with Gasteiger partial charge in [0.05, 0.1) is 10.6 Å². The van der Waals surface area contributed by atoms with Crippen LogP contribution in [0.5, 0.6) is 0 Å². The maximum atomic E-state index is 11.9. The molecule has 0 aliphatic carbocycles. The molecular formula is C11H12N2OS2. The molecule has 0 bridgehead atoms. The van der Waals surface area contributed by atoms with E-state index < -0.39 is 0 Å². The molecule has 0 saturated heterocycles. The Morgan fingerprint density at radius 1 is 1.50 bits per heavy atom. The fourth-order valence-corrected chi connectivity index (χ4v) is 2.95. The van der Waals surface area contributed by atoms with Gasteiger partial charge in [-0.2, -0.15) is 0 Å². The number of hydrogen-bond acceptors (Lipinski definition) is 4. The van der Waals surface area contributed by atoms with Gasteiger partial charge in [-0.15, -0.1) is 22.7 Å². The summed E-state index contributed by atoms with van der Waals surface area (Å²) in [5.41, 5.74) is 2.03. The molecule has 0 atom stereocenters. The van der Waals surface area contributed by atoms with E-state index in [2.05, 4.69) is 10.3 Å². The van der Waals surface area contributed by atoms with Crippen LogP contribution in [0.4, 0.5) is 5.13 Å². The van der Waals surface area contributed by atoms with Crippen LogP contribution in [0.15, 0.2) is 16.8 Å². The minimum atomic E-state index is -0.0544. The highest BCUT2D eigenvalue weighted by atomic mass is 32.1. The van der Waals surface area contributed by atoms with Crippen LogP contribution in [0.3, 0.4) is 0 Å². The summed E-state index contributed by atoms with van der Waals surface area (Å²) in [4.78, 5) is 16.9. The lowest BCUT2D eigenvalue weighted by Crippen LogP contribution is -2.11. The molecule has 0 unspecified atom stereocenters. The molecule has 0 aliphatic rings. The summed E-state index contributed by atoms with van der Waals surface area (Å²) in [6, 6.07) is 1.99. The molecule has 0 saturated carbocycles. The molecule has 16 heavy (non-hydrogen) atoms. The van der Waals surface area contributed by atoms with Crippen LogP contribution < -0.4 is 5.32 Å². The number of nitrogens with one attached hydrogen (secondary N) is 1. The number of hydrogen-bond donors (Lipinski definition) is 1. The Morgan fingerprint density at radius 3 is 2.94 bits per heavy atom. The zero-order valence-electron chi connectivity index (χ0n) is 9.11. The van der Waals surface area contributed by atoms with E-state index in [1.807, 2.05) is 30.7 Å². The Kier molecular flexibility index (Phi) is 3.36. The second-order valence-corrected chi connectivity index (χ2v) is 5.15. The van der Waals surface area contributed by atoms with Gasteiger partial charge in [-0.1, -0.05) is 6.92 Å². The second-order valence-electron chi connectivity index (χ2n) is 3.38. The zero-order valence-corrected chi connectivity index (χ0v) is 10.7. The van der Waals surface area contributed by atoms with E-state index in [9.17, 15) is 4.79 Å². The van der Waals surface area contributed by atoms with E-state index >= 15 is 0 Å². The van der Waals surface area contributed by atoms with E-state index in [-0.39, 0.29) is 5.91 Å². The maximum Gasteiger partial charge on any atom is 0.267 e. The van der Waals surface area contributed by atoms with Crippen molar-refractivity contribution in [1.82, 2.24) is 4.98 Å². The number of carbonyl (C=O) groups is 1. The number of carbonyl (C=O) groups excluding carboxylic acids is 1. The summed E-state index contributed by atoms with van der Waals surface area (Å²) in [5.74, 6) is -0.0544. The van der Waals surface area contributed by atoms with Crippen molar-refractivity contribution >= 4 is 33.7 Å². The lowest BCUT2D eigenvalue weighted by Gasteiger charge is -2.01. The summed E-state index contributed by atoms with van der Waals surface area (Å²) in [7, 11) is 0. The van der Waals surface area contributed by atoms with Gasteiger partial charge in [0.1, 0.15) is 0 Å². The van der Waals surface area contributed by atoms with Crippen molar-refractivity contribution in [1.29, 1.82) is 0 Å². The Labute approximate surface area is 102 Å². The van der Waals surface area contributed by atoms with Crippen molar-refractivity contribution in [2.24, 2.45) is 0 Å². The predicted molar refractivity (Wildman–Crippen MR) is 68.5 cm³/mol. The number of aryl methyl sites for hydroxylation is 2. The minimum Gasteiger partial charge on any atom is -0.297 e. The van der Waals surface area contributed by atoms with Gasteiger partial charge in [-0.3, -0.25) is 10.1 Å². The molecule has 2 aromatic rings. The van der Waals surface area contributed by atoms with Crippen molar-refractivity contribution in [3.8, 4) is 0 Å². The minimum absolute atomic E-state index is 0.0544. The van der Waals surface area contributed by atoms with Crippen molar-refractivity contribution in [2.45, 2.75) is 20.3 Å². The molecule has 1 amide bonds. The average molecular weight is 252 g/mol. The summed E-state index contributed by atoms with van der Waals surface area (Å²) in [5, 5.41) is 7.35. The van der Waals surface area contributed by atoms with Crippen molar-refractivity contribution in [2.75, 3.05) is 5.32 Å². The number of rotatable bonds is 3. The third kappa shape index (κ3) is 2.31. The Hall–Kier alpha value is -1.20. The molecule has 0 radical (unpaired) electrons. The summed E-state index contributed by atoms with van der Waals surface area (Å²) < 4.78 is 0. The molecule has 3 nitrogen and oxygen atoms in total. The van der Waals surface area contributed by atoms with Gasteiger partial charge in [-0.05, 0) is 30.4 Å². The Bertz CT molecular complexity index is 502. The normalized spacial score (nSPS) is 10.4. The maximum absolute atomic E-state index is 11.9. The molecule has 2 aromatic heterocycles. The van der Waals surface area contributed by atoms with E-state index in [4.69, 9.17) is 0 Å². The second kappa shape index (κ2) is 4.76.